The van der Waals surface area contributed by atoms with Gasteiger partial charge in [-0.15, -0.1) is 11.3 Å². The number of aliphatic hydroxyl groups is 1. The minimum Gasteiger partial charge on any atom is -0.391 e. The van der Waals surface area contributed by atoms with Crippen LogP contribution in [0, 0.1) is 0 Å². The molecular weight excluding hydrogens is 274 g/mol. The van der Waals surface area contributed by atoms with E-state index in [1.807, 2.05) is 13.8 Å². The molecular formula is C13H21N5OS. The molecule has 0 fully saturated rings. The van der Waals surface area contributed by atoms with Gasteiger partial charge in [-0.05, 0) is 33.3 Å². The maximum atomic E-state index is 9.85. The van der Waals surface area contributed by atoms with Crippen molar-refractivity contribution in [3.63, 3.8) is 0 Å². The second-order valence-corrected chi connectivity index (χ2v) is 6.46. The summed E-state index contributed by atoms with van der Waals surface area (Å²) in [5.74, 6) is 6.48. The zero-order chi connectivity index (χ0) is 14.9. The number of rotatable bonds is 5. The van der Waals surface area contributed by atoms with Crippen molar-refractivity contribution in [3.05, 3.63) is 10.9 Å². The highest BCUT2D eigenvalue weighted by atomic mass is 32.1. The molecule has 7 heteroatoms. The summed E-state index contributed by atoms with van der Waals surface area (Å²) in [6, 6.07) is 2.08. The number of nitrogens with one attached hydrogen (secondary N) is 2. The third kappa shape index (κ3) is 2.84. The number of aliphatic hydroxyl groups excluding tert-OH is 1. The average molecular weight is 295 g/mol. The predicted molar refractivity (Wildman–Crippen MR) is 84.0 cm³/mol. The number of nitrogens with zero attached hydrogens (tertiary/aromatic N) is 2. The molecule has 0 aliphatic carbocycles. The normalized spacial score (nSPS) is 13.5. The van der Waals surface area contributed by atoms with Gasteiger partial charge in [-0.25, -0.2) is 10.8 Å². The second kappa shape index (κ2) is 5.51. The Balaban J connectivity index is 2.52. The van der Waals surface area contributed by atoms with Crippen LogP contribution in [0.25, 0.3) is 10.2 Å². The maximum Gasteiger partial charge on any atom is 0.240 e. The van der Waals surface area contributed by atoms with Crippen molar-refractivity contribution in [3.8, 4) is 0 Å². The van der Waals surface area contributed by atoms with Gasteiger partial charge in [0.05, 0.1) is 17.0 Å². The van der Waals surface area contributed by atoms with Crippen molar-refractivity contribution in [2.45, 2.75) is 45.8 Å². The lowest BCUT2D eigenvalue weighted by Gasteiger charge is -2.30. The van der Waals surface area contributed by atoms with Crippen LogP contribution in [0.2, 0.25) is 0 Å². The summed E-state index contributed by atoms with van der Waals surface area (Å²) in [4.78, 5) is 10.9. The first-order valence-corrected chi connectivity index (χ1v) is 7.42. The lowest BCUT2D eigenvalue weighted by molar-refractivity contribution is 0.133. The Morgan fingerprint density at radius 2 is 2.15 bits per heavy atom. The first-order valence-electron chi connectivity index (χ1n) is 6.60. The van der Waals surface area contributed by atoms with Crippen molar-refractivity contribution in [2.24, 2.45) is 5.84 Å². The fourth-order valence-corrected chi connectivity index (χ4v) is 2.68. The Morgan fingerprint density at radius 3 is 2.70 bits per heavy atom. The van der Waals surface area contributed by atoms with E-state index in [0.717, 1.165) is 16.6 Å². The first kappa shape index (κ1) is 15.0. The maximum absolute atomic E-state index is 9.85. The van der Waals surface area contributed by atoms with E-state index in [1.54, 1.807) is 18.3 Å². The third-order valence-electron chi connectivity index (χ3n) is 3.41. The van der Waals surface area contributed by atoms with Crippen LogP contribution >= 0.6 is 11.3 Å². The summed E-state index contributed by atoms with van der Waals surface area (Å²) in [5.41, 5.74) is 1.99. The largest absolute Gasteiger partial charge is 0.391 e. The minimum atomic E-state index is -0.522. The zero-order valence-corrected chi connectivity index (χ0v) is 13.0. The summed E-state index contributed by atoms with van der Waals surface area (Å²) in [6.45, 7) is 7.70. The third-order valence-corrected chi connectivity index (χ3v) is 4.58. The first-order chi connectivity index (χ1) is 9.37. The van der Waals surface area contributed by atoms with E-state index in [9.17, 15) is 5.11 Å². The van der Waals surface area contributed by atoms with Gasteiger partial charge in [-0.3, -0.25) is 5.43 Å². The number of hydrogen-bond donors (Lipinski definition) is 4. The number of fused-ring (bicyclic) bond motifs is 1. The highest BCUT2D eigenvalue weighted by Gasteiger charge is 2.25. The number of aryl methyl sites for hydroxylation is 1. The van der Waals surface area contributed by atoms with Gasteiger partial charge in [0.15, 0.2) is 0 Å². The van der Waals surface area contributed by atoms with Crippen LogP contribution in [0.15, 0.2) is 6.07 Å². The molecule has 0 bridgehead atoms. The number of nitrogen functional groups attached to an aromatic ring is 1. The number of nitrogens with two attached hydrogens (primary N) is 1. The fourth-order valence-electron chi connectivity index (χ4n) is 1.72. The summed E-state index contributed by atoms with van der Waals surface area (Å²) in [7, 11) is 0. The average Bonchev–Trinajstić information content (AvgIpc) is 2.81. The summed E-state index contributed by atoms with van der Waals surface area (Å²) < 4.78 is 0. The lowest BCUT2D eigenvalue weighted by atomic mass is 9.99. The molecule has 1 atom stereocenters. The molecule has 0 saturated carbocycles. The Morgan fingerprint density at radius 1 is 1.45 bits per heavy atom. The van der Waals surface area contributed by atoms with Gasteiger partial charge < -0.3 is 10.4 Å². The van der Waals surface area contributed by atoms with Gasteiger partial charge in [0.2, 0.25) is 5.95 Å². The van der Waals surface area contributed by atoms with Crippen molar-refractivity contribution in [2.75, 3.05) is 10.7 Å². The van der Waals surface area contributed by atoms with Crippen LogP contribution in [-0.4, -0.2) is 26.7 Å². The lowest BCUT2D eigenvalue weighted by Crippen LogP contribution is -2.42. The highest BCUT2D eigenvalue weighted by molar-refractivity contribution is 7.18. The molecule has 20 heavy (non-hydrogen) atoms. The Labute approximate surface area is 122 Å². The smallest absolute Gasteiger partial charge is 0.240 e. The summed E-state index contributed by atoms with van der Waals surface area (Å²) in [5, 5.41) is 14.1. The number of aromatic nitrogens is 2. The van der Waals surface area contributed by atoms with E-state index in [1.165, 1.54) is 4.88 Å². The van der Waals surface area contributed by atoms with Crippen molar-refractivity contribution >= 4 is 33.3 Å². The van der Waals surface area contributed by atoms with Crippen LogP contribution in [0.5, 0.6) is 0 Å². The minimum absolute atomic E-state index is 0.367. The Kier molecular flexibility index (Phi) is 4.12. The highest BCUT2D eigenvalue weighted by Crippen LogP contribution is 2.32. The molecule has 0 aliphatic rings. The molecule has 0 radical (unpaired) electrons. The molecule has 2 rings (SSSR count). The molecule has 5 N–H and O–H groups in total. The fraction of sp³-hybridized carbons (Fsp3) is 0.538. The molecule has 0 saturated heterocycles. The molecule has 110 valence electrons. The van der Waals surface area contributed by atoms with Gasteiger partial charge in [0, 0.05) is 4.88 Å². The number of hydrogen-bond acceptors (Lipinski definition) is 7. The Bertz CT molecular complexity index is 608. The van der Waals surface area contributed by atoms with Gasteiger partial charge in [-0.2, -0.15) is 4.98 Å². The van der Waals surface area contributed by atoms with Crippen molar-refractivity contribution in [1.29, 1.82) is 0 Å². The van der Waals surface area contributed by atoms with E-state index in [2.05, 4.69) is 33.7 Å². The Hall–Kier alpha value is -1.44. The van der Waals surface area contributed by atoms with Crippen molar-refractivity contribution < 1.29 is 5.11 Å². The van der Waals surface area contributed by atoms with Crippen LogP contribution in [-0.2, 0) is 6.42 Å². The molecule has 0 aliphatic heterocycles. The molecule has 2 heterocycles. The molecule has 0 aromatic carbocycles. The monoisotopic (exact) mass is 295 g/mol. The SMILES string of the molecule is CCc1cc2c(NC(C)(C)C(C)O)nc(NN)nc2s1. The van der Waals surface area contributed by atoms with E-state index in [-0.39, 0.29) is 0 Å². The molecule has 0 spiro atoms. The zero-order valence-electron chi connectivity index (χ0n) is 12.2. The van der Waals surface area contributed by atoms with Gasteiger partial charge in [0.1, 0.15) is 10.6 Å². The van der Waals surface area contributed by atoms with Crippen LogP contribution in [0.1, 0.15) is 32.6 Å². The van der Waals surface area contributed by atoms with Crippen molar-refractivity contribution in [1.82, 2.24) is 9.97 Å². The van der Waals surface area contributed by atoms with Crippen LogP contribution < -0.4 is 16.6 Å². The molecule has 1 unspecified atom stereocenters. The summed E-state index contributed by atoms with van der Waals surface area (Å²) >= 11 is 1.63. The predicted octanol–water partition coefficient (Wildman–Crippen LogP) is 2.11. The van der Waals surface area contributed by atoms with E-state index < -0.39 is 11.6 Å². The van der Waals surface area contributed by atoms with E-state index >= 15 is 0 Å². The van der Waals surface area contributed by atoms with E-state index in [4.69, 9.17) is 5.84 Å². The summed E-state index contributed by atoms with van der Waals surface area (Å²) in [6.07, 6.45) is 0.428. The second-order valence-electron chi connectivity index (χ2n) is 5.35. The molecule has 2 aromatic heterocycles. The number of hydrazine groups is 1. The van der Waals surface area contributed by atoms with Crippen LogP contribution in [0.3, 0.4) is 0 Å². The van der Waals surface area contributed by atoms with Gasteiger partial charge in [-0.1, -0.05) is 6.92 Å². The van der Waals surface area contributed by atoms with Crippen LogP contribution in [0.4, 0.5) is 11.8 Å². The molecule has 2 aromatic rings. The topological polar surface area (TPSA) is 96.1 Å². The molecule has 6 nitrogen and oxygen atoms in total. The van der Waals surface area contributed by atoms with E-state index in [0.29, 0.717) is 11.8 Å². The number of thiophene rings is 1. The standard InChI is InChI=1S/C13H21N5OS/c1-5-8-6-9-10(17-13(3,4)7(2)19)15-12(18-14)16-11(9)20-8/h6-7,19H,5,14H2,1-4H3,(H2,15,16,17,18). The molecule has 0 amide bonds. The van der Waals surface area contributed by atoms with Gasteiger partial charge >= 0.3 is 0 Å². The van der Waals surface area contributed by atoms with Gasteiger partial charge in [0.25, 0.3) is 0 Å². The quantitative estimate of drug-likeness (QED) is 0.498. The number of anilines is 2.